The molecule has 0 N–H and O–H groups in total. The molecule has 0 bridgehead atoms. The maximum atomic E-state index is 12.2. The first-order valence-electron chi connectivity index (χ1n) is 5.17. The van der Waals surface area contributed by atoms with Crippen molar-refractivity contribution in [2.45, 2.75) is 0 Å². The van der Waals surface area contributed by atoms with Crippen LogP contribution >= 0.6 is 23.5 Å². The Morgan fingerprint density at radius 2 is 1.84 bits per heavy atom. The molecule has 0 saturated heterocycles. The van der Waals surface area contributed by atoms with Gasteiger partial charge in [0.05, 0.1) is 12.4 Å². The van der Waals surface area contributed by atoms with Crippen molar-refractivity contribution in [2.24, 2.45) is 0 Å². The summed E-state index contributed by atoms with van der Waals surface area (Å²) in [6.45, 7) is -0.239. The number of hydrogen-bond acceptors (Lipinski definition) is 6. The standard InChI is InChI=1S/C11H14BrO6P/c1-15-11(13)7-18-9-4-8(12)5-10(6-9)19(14,16-2)17-3/h4-6H,7H2,1-3H3. The van der Waals surface area contributed by atoms with E-state index in [-0.39, 0.29) is 6.61 Å². The van der Waals surface area contributed by atoms with E-state index in [9.17, 15) is 9.36 Å². The maximum absolute atomic E-state index is 12.2. The molecule has 0 aliphatic rings. The van der Waals surface area contributed by atoms with Gasteiger partial charge in [-0.3, -0.25) is 4.57 Å². The summed E-state index contributed by atoms with van der Waals surface area (Å²) in [7, 11) is 0.482. The van der Waals surface area contributed by atoms with Gasteiger partial charge in [0.1, 0.15) is 5.75 Å². The van der Waals surface area contributed by atoms with Crippen molar-refractivity contribution in [1.82, 2.24) is 0 Å². The normalized spacial score (nSPS) is 11.2. The number of carbonyl (C=O) groups is 1. The van der Waals surface area contributed by atoms with Crippen LogP contribution in [0.1, 0.15) is 0 Å². The lowest BCUT2D eigenvalue weighted by Gasteiger charge is -2.15. The Morgan fingerprint density at radius 1 is 1.21 bits per heavy atom. The minimum atomic E-state index is -3.37. The van der Waals surface area contributed by atoms with Gasteiger partial charge in [0.15, 0.2) is 6.61 Å². The largest absolute Gasteiger partial charge is 0.482 e. The molecule has 8 heteroatoms. The Morgan fingerprint density at radius 3 is 2.37 bits per heavy atom. The molecule has 6 nitrogen and oxygen atoms in total. The van der Waals surface area contributed by atoms with Crippen molar-refractivity contribution in [1.29, 1.82) is 0 Å². The molecule has 0 heterocycles. The van der Waals surface area contributed by atoms with E-state index in [4.69, 9.17) is 13.8 Å². The first kappa shape index (κ1) is 16.2. The fourth-order valence-electron chi connectivity index (χ4n) is 1.28. The number of rotatable bonds is 6. The molecular formula is C11H14BrO6P. The van der Waals surface area contributed by atoms with Crippen LogP contribution in [0.15, 0.2) is 22.7 Å². The Balaban J connectivity index is 3.00. The summed E-state index contributed by atoms with van der Waals surface area (Å²) in [5.74, 6) is -0.160. The number of halogens is 1. The predicted molar refractivity (Wildman–Crippen MR) is 72.9 cm³/mol. The highest BCUT2D eigenvalue weighted by Gasteiger charge is 2.25. The second-order valence-corrected chi connectivity index (χ2v) is 6.53. The molecule has 0 unspecified atom stereocenters. The van der Waals surface area contributed by atoms with Crippen LogP contribution in [0.25, 0.3) is 0 Å². The maximum Gasteiger partial charge on any atom is 0.360 e. The van der Waals surface area contributed by atoms with Gasteiger partial charge in [-0.05, 0) is 18.2 Å². The number of benzene rings is 1. The van der Waals surface area contributed by atoms with E-state index >= 15 is 0 Å². The molecule has 19 heavy (non-hydrogen) atoms. The smallest absolute Gasteiger partial charge is 0.360 e. The quantitative estimate of drug-likeness (QED) is 0.576. The van der Waals surface area contributed by atoms with E-state index in [0.717, 1.165) is 0 Å². The van der Waals surface area contributed by atoms with Crippen LogP contribution < -0.4 is 10.0 Å². The van der Waals surface area contributed by atoms with Gasteiger partial charge in [0, 0.05) is 18.7 Å². The van der Waals surface area contributed by atoms with Crippen molar-refractivity contribution in [3.8, 4) is 5.75 Å². The summed E-state index contributed by atoms with van der Waals surface area (Å²) in [4.78, 5) is 11.0. The lowest BCUT2D eigenvalue weighted by molar-refractivity contribution is -0.142. The van der Waals surface area contributed by atoms with E-state index in [1.807, 2.05) is 0 Å². The van der Waals surface area contributed by atoms with Gasteiger partial charge in [0.25, 0.3) is 0 Å². The molecule has 1 aromatic rings. The summed E-state index contributed by atoms with van der Waals surface area (Å²) < 4.78 is 32.3. The van der Waals surface area contributed by atoms with E-state index in [2.05, 4.69) is 20.7 Å². The highest BCUT2D eigenvalue weighted by molar-refractivity contribution is 9.10. The average Bonchev–Trinajstić information content (AvgIpc) is 2.43. The molecule has 0 saturated carbocycles. The monoisotopic (exact) mass is 352 g/mol. The fraction of sp³-hybridized carbons (Fsp3) is 0.364. The number of esters is 1. The minimum Gasteiger partial charge on any atom is -0.482 e. The molecule has 0 atom stereocenters. The van der Waals surface area contributed by atoms with Crippen LogP contribution in [0.3, 0.4) is 0 Å². The average molecular weight is 353 g/mol. The van der Waals surface area contributed by atoms with Crippen LogP contribution in [0.2, 0.25) is 0 Å². The molecule has 106 valence electrons. The molecule has 0 amide bonds. The summed E-state index contributed by atoms with van der Waals surface area (Å²) in [6, 6.07) is 4.71. The Hall–Kier alpha value is -0.880. The van der Waals surface area contributed by atoms with Crippen molar-refractivity contribution >= 4 is 34.8 Å². The Labute approximate surface area is 119 Å². The van der Waals surface area contributed by atoms with Crippen LogP contribution in [-0.4, -0.2) is 33.9 Å². The summed E-state index contributed by atoms with van der Waals surface area (Å²) in [5, 5.41) is 0.326. The Bertz CT molecular complexity index is 496. The third-order valence-electron chi connectivity index (χ3n) is 2.24. The third-order valence-corrected chi connectivity index (χ3v) is 4.55. The van der Waals surface area contributed by atoms with Gasteiger partial charge in [-0.15, -0.1) is 0 Å². The zero-order valence-electron chi connectivity index (χ0n) is 10.7. The van der Waals surface area contributed by atoms with Crippen LogP contribution in [0.4, 0.5) is 0 Å². The van der Waals surface area contributed by atoms with Crippen molar-refractivity contribution in [2.75, 3.05) is 27.9 Å². The number of carbonyl (C=O) groups excluding carboxylic acids is 1. The van der Waals surface area contributed by atoms with Gasteiger partial charge in [-0.1, -0.05) is 15.9 Å². The van der Waals surface area contributed by atoms with Crippen molar-refractivity contribution < 1.29 is 27.9 Å². The summed E-state index contributed by atoms with van der Waals surface area (Å²) in [5.41, 5.74) is 0. The summed E-state index contributed by atoms with van der Waals surface area (Å²) in [6.07, 6.45) is 0. The first-order chi connectivity index (χ1) is 8.95. The molecule has 1 rings (SSSR count). The molecule has 0 aliphatic heterocycles. The number of methoxy groups -OCH3 is 1. The fourth-order valence-corrected chi connectivity index (χ4v) is 3.08. The Kier molecular flexibility index (Phi) is 6.00. The zero-order valence-corrected chi connectivity index (χ0v) is 13.2. The lowest BCUT2D eigenvalue weighted by atomic mass is 10.3. The molecular weight excluding hydrogens is 339 g/mol. The molecule has 0 aliphatic carbocycles. The van der Waals surface area contributed by atoms with Gasteiger partial charge < -0.3 is 18.5 Å². The van der Waals surface area contributed by atoms with E-state index in [1.165, 1.54) is 27.4 Å². The topological polar surface area (TPSA) is 71.1 Å². The van der Waals surface area contributed by atoms with Gasteiger partial charge >= 0.3 is 13.6 Å². The highest BCUT2D eigenvalue weighted by Crippen LogP contribution is 2.46. The molecule has 1 aromatic carbocycles. The molecule has 0 fully saturated rings. The van der Waals surface area contributed by atoms with Crippen molar-refractivity contribution in [3.05, 3.63) is 22.7 Å². The summed E-state index contributed by atoms with van der Waals surface area (Å²) >= 11 is 3.26. The molecule has 0 aromatic heterocycles. The highest BCUT2D eigenvalue weighted by atomic mass is 79.9. The van der Waals surface area contributed by atoms with Gasteiger partial charge in [-0.25, -0.2) is 4.79 Å². The zero-order chi connectivity index (χ0) is 14.5. The van der Waals surface area contributed by atoms with Gasteiger partial charge in [0.2, 0.25) is 0 Å². The molecule has 0 spiro atoms. The predicted octanol–water partition coefficient (Wildman–Crippen LogP) is 2.11. The first-order valence-corrected chi connectivity index (χ1v) is 7.51. The second-order valence-electron chi connectivity index (χ2n) is 3.37. The lowest BCUT2D eigenvalue weighted by Crippen LogP contribution is -2.14. The minimum absolute atomic E-state index is 0.239. The van der Waals surface area contributed by atoms with Crippen molar-refractivity contribution in [3.63, 3.8) is 0 Å². The van der Waals surface area contributed by atoms with E-state index < -0.39 is 13.6 Å². The van der Waals surface area contributed by atoms with Crippen LogP contribution in [-0.2, 0) is 23.1 Å². The van der Waals surface area contributed by atoms with Crippen LogP contribution in [0.5, 0.6) is 5.75 Å². The van der Waals surface area contributed by atoms with E-state index in [0.29, 0.717) is 15.5 Å². The number of ether oxygens (including phenoxy) is 2. The third kappa shape index (κ3) is 4.31. The number of hydrogen-bond donors (Lipinski definition) is 0. The second kappa shape index (κ2) is 7.05. The van der Waals surface area contributed by atoms with Gasteiger partial charge in [-0.2, -0.15) is 0 Å². The molecule has 0 radical (unpaired) electrons. The SMILES string of the molecule is COC(=O)COc1cc(Br)cc(P(=O)(OC)OC)c1. The van der Waals surface area contributed by atoms with E-state index in [1.54, 1.807) is 12.1 Å². The van der Waals surface area contributed by atoms with Crippen LogP contribution in [0, 0.1) is 0 Å².